The molecule has 0 N–H and O–H groups in total. The van der Waals surface area contributed by atoms with Crippen molar-refractivity contribution in [2.24, 2.45) is 0 Å². The second-order valence-electron chi connectivity index (χ2n) is 7.89. The maximum atomic E-state index is 11.7. The Hall–Kier alpha value is -2.37. The zero-order chi connectivity index (χ0) is 20.2. The molecule has 0 saturated carbocycles. The normalized spacial score (nSPS) is 19.7. The molecular formula is C24H30N2O3. The van der Waals surface area contributed by atoms with Crippen LogP contribution in [-0.2, 0) is 11.2 Å². The largest absolute Gasteiger partial charge is 0.497 e. The third-order valence-electron chi connectivity index (χ3n) is 6.10. The van der Waals surface area contributed by atoms with Gasteiger partial charge in [-0.2, -0.15) is 0 Å². The van der Waals surface area contributed by atoms with Gasteiger partial charge >= 0.3 is 0 Å². The minimum Gasteiger partial charge on any atom is -0.497 e. The highest BCUT2D eigenvalue weighted by Gasteiger charge is 2.24. The summed E-state index contributed by atoms with van der Waals surface area (Å²) in [5, 5.41) is 0. The number of nitrogens with zero attached hydrogens (tertiary/aromatic N) is 2. The lowest BCUT2D eigenvalue weighted by Crippen LogP contribution is -2.46. The topological polar surface area (TPSA) is 42.0 Å². The first kappa shape index (κ1) is 19.9. The molecular weight excluding hydrogens is 364 g/mol. The number of carbonyl (C=O) groups is 1. The van der Waals surface area contributed by atoms with Gasteiger partial charge in [-0.25, -0.2) is 0 Å². The average molecular weight is 395 g/mol. The van der Waals surface area contributed by atoms with E-state index in [1.54, 1.807) is 14.0 Å². The van der Waals surface area contributed by atoms with E-state index in [0.29, 0.717) is 0 Å². The fraction of sp³-hybridized carbons (Fsp3) is 0.458. The predicted molar refractivity (Wildman–Crippen MR) is 115 cm³/mol. The van der Waals surface area contributed by atoms with Gasteiger partial charge in [0, 0.05) is 44.0 Å². The molecule has 1 fully saturated rings. The number of carbonyl (C=O) groups excluding carboxylic acids is 1. The highest BCUT2D eigenvalue weighted by Crippen LogP contribution is 2.31. The summed E-state index contributed by atoms with van der Waals surface area (Å²) >= 11 is 0. The predicted octanol–water partition coefficient (Wildman–Crippen LogP) is 3.72. The van der Waals surface area contributed by atoms with Crippen molar-refractivity contribution in [3.8, 4) is 5.75 Å². The molecule has 2 aliphatic rings. The molecule has 2 aromatic rings. The lowest BCUT2D eigenvalue weighted by atomic mass is 9.93. The lowest BCUT2D eigenvalue weighted by Gasteiger charge is -2.37. The van der Waals surface area contributed by atoms with E-state index in [1.807, 2.05) is 18.2 Å². The number of hydrogen-bond donors (Lipinski definition) is 0. The van der Waals surface area contributed by atoms with Crippen LogP contribution in [0.1, 0.15) is 40.9 Å². The van der Waals surface area contributed by atoms with Crippen LogP contribution in [-0.4, -0.2) is 57.1 Å². The average Bonchev–Trinajstić information content (AvgIpc) is 2.77. The highest BCUT2D eigenvalue weighted by atomic mass is 16.5. The Balaban J connectivity index is 1.30. The summed E-state index contributed by atoms with van der Waals surface area (Å²) in [7, 11) is 1.70. The summed E-state index contributed by atoms with van der Waals surface area (Å²) in [6, 6.07) is 14.4. The summed E-state index contributed by atoms with van der Waals surface area (Å²) < 4.78 is 11.3. The summed E-state index contributed by atoms with van der Waals surface area (Å²) in [5.41, 5.74) is 4.60. The maximum Gasteiger partial charge on any atom is 0.159 e. The minimum atomic E-state index is 0.130. The number of hydrogen-bond acceptors (Lipinski definition) is 5. The van der Waals surface area contributed by atoms with E-state index in [4.69, 9.17) is 9.47 Å². The molecule has 5 nitrogen and oxygen atoms in total. The maximum absolute atomic E-state index is 11.7. The standard InChI is InChI=1S/C24H30N2O3/c1-18(27)19-3-8-23-20(17-19)10-16-29-24(23)9-11-25-12-14-26(15-13-25)21-4-6-22(28-2)7-5-21/h3-8,17,24H,9-16H2,1-2H3/t24-/m0/s1. The van der Waals surface area contributed by atoms with E-state index in [1.165, 1.54) is 16.8 Å². The monoisotopic (exact) mass is 394 g/mol. The zero-order valence-corrected chi connectivity index (χ0v) is 17.4. The van der Waals surface area contributed by atoms with Crippen molar-refractivity contribution in [2.75, 3.05) is 51.3 Å². The molecule has 5 heteroatoms. The van der Waals surface area contributed by atoms with Gasteiger partial charge in [0.2, 0.25) is 0 Å². The molecule has 0 unspecified atom stereocenters. The molecule has 2 aromatic carbocycles. The molecule has 2 heterocycles. The number of anilines is 1. The first-order chi connectivity index (χ1) is 14.1. The van der Waals surface area contributed by atoms with Crippen LogP contribution in [0.25, 0.3) is 0 Å². The molecule has 1 saturated heterocycles. The molecule has 29 heavy (non-hydrogen) atoms. The van der Waals surface area contributed by atoms with Crippen molar-refractivity contribution in [2.45, 2.75) is 25.9 Å². The zero-order valence-electron chi connectivity index (χ0n) is 17.4. The number of Topliss-reactive ketones (excluding diaryl/α,β-unsaturated/α-hetero) is 1. The number of methoxy groups -OCH3 is 1. The number of rotatable bonds is 6. The van der Waals surface area contributed by atoms with Crippen molar-refractivity contribution in [3.05, 3.63) is 59.2 Å². The molecule has 1 atom stereocenters. The Morgan fingerprint density at radius 2 is 1.86 bits per heavy atom. The number of ether oxygens (including phenoxy) is 2. The number of benzene rings is 2. The van der Waals surface area contributed by atoms with Crippen LogP contribution in [0.2, 0.25) is 0 Å². The van der Waals surface area contributed by atoms with Crippen LogP contribution in [0.5, 0.6) is 5.75 Å². The van der Waals surface area contributed by atoms with Gasteiger partial charge < -0.3 is 14.4 Å². The van der Waals surface area contributed by atoms with Gasteiger partial charge in [-0.15, -0.1) is 0 Å². The van der Waals surface area contributed by atoms with E-state index in [2.05, 4.69) is 34.1 Å². The molecule has 4 rings (SSSR count). The summed E-state index contributed by atoms with van der Waals surface area (Å²) in [5.74, 6) is 1.03. The SMILES string of the molecule is COc1ccc(N2CCN(CC[C@@H]3OCCc4cc(C(C)=O)ccc43)CC2)cc1. The van der Waals surface area contributed by atoms with Crippen LogP contribution in [0.3, 0.4) is 0 Å². The van der Waals surface area contributed by atoms with Crippen LogP contribution in [0, 0.1) is 0 Å². The Morgan fingerprint density at radius 1 is 1.10 bits per heavy atom. The Bertz CT molecular complexity index is 842. The van der Waals surface area contributed by atoms with Gasteiger partial charge in [0.15, 0.2) is 5.78 Å². The van der Waals surface area contributed by atoms with E-state index >= 15 is 0 Å². The molecule has 0 bridgehead atoms. The molecule has 0 aliphatic carbocycles. The Kier molecular flexibility index (Phi) is 6.16. The molecule has 154 valence electrons. The Labute approximate surface area is 173 Å². The number of piperazine rings is 1. The van der Waals surface area contributed by atoms with E-state index in [9.17, 15) is 4.79 Å². The van der Waals surface area contributed by atoms with Crippen LogP contribution in [0.4, 0.5) is 5.69 Å². The quantitative estimate of drug-likeness (QED) is 0.699. The van der Waals surface area contributed by atoms with Crippen LogP contribution < -0.4 is 9.64 Å². The van der Waals surface area contributed by atoms with Gasteiger partial charge in [-0.05, 0) is 61.2 Å². The number of fused-ring (bicyclic) bond motifs is 1. The molecule has 2 aliphatic heterocycles. The second kappa shape index (κ2) is 8.97. The van der Waals surface area contributed by atoms with Gasteiger partial charge in [0.05, 0.1) is 19.8 Å². The minimum absolute atomic E-state index is 0.130. The van der Waals surface area contributed by atoms with Crippen LogP contribution in [0.15, 0.2) is 42.5 Å². The molecule has 0 radical (unpaired) electrons. The first-order valence-electron chi connectivity index (χ1n) is 10.5. The molecule has 0 amide bonds. The van der Waals surface area contributed by atoms with Crippen molar-refractivity contribution < 1.29 is 14.3 Å². The second-order valence-corrected chi connectivity index (χ2v) is 7.89. The van der Waals surface area contributed by atoms with Crippen molar-refractivity contribution >= 4 is 11.5 Å². The van der Waals surface area contributed by atoms with Gasteiger partial charge in [0.1, 0.15) is 5.75 Å². The van der Waals surface area contributed by atoms with E-state index < -0.39 is 0 Å². The third-order valence-corrected chi connectivity index (χ3v) is 6.10. The van der Waals surface area contributed by atoms with Gasteiger partial charge in [-0.3, -0.25) is 9.69 Å². The summed E-state index contributed by atoms with van der Waals surface area (Å²) in [6.07, 6.45) is 2.03. The Morgan fingerprint density at radius 3 is 2.55 bits per heavy atom. The van der Waals surface area contributed by atoms with E-state index in [0.717, 1.165) is 63.5 Å². The molecule has 0 spiro atoms. The lowest BCUT2D eigenvalue weighted by molar-refractivity contribution is 0.0289. The van der Waals surface area contributed by atoms with E-state index in [-0.39, 0.29) is 11.9 Å². The van der Waals surface area contributed by atoms with Gasteiger partial charge in [-0.1, -0.05) is 12.1 Å². The first-order valence-corrected chi connectivity index (χ1v) is 10.5. The highest BCUT2D eigenvalue weighted by molar-refractivity contribution is 5.94. The van der Waals surface area contributed by atoms with Crippen molar-refractivity contribution in [1.82, 2.24) is 4.90 Å². The fourth-order valence-electron chi connectivity index (χ4n) is 4.32. The number of ketones is 1. The van der Waals surface area contributed by atoms with Crippen molar-refractivity contribution in [3.63, 3.8) is 0 Å². The third kappa shape index (κ3) is 4.62. The smallest absolute Gasteiger partial charge is 0.159 e. The molecule has 0 aromatic heterocycles. The fourth-order valence-corrected chi connectivity index (χ4v) is 4.32. The summed E-state index contributed by atoms with van der Waals surface area (Å²) in [4.78, 5) is 16.6. The van der Waals surface area contributed by atoms with Crippen LogP contribution >= 0.6 is 0 Å². The van der Waals surface area contributed by atoms with Crippen molar-refractivity contribution in [1.29, 1.82) is 0 Å². The van der Waals surface area contributed by atoms with Gasteiger partial charge in [0.25, 0.3) is 0 Å². The summed E-state index contributed by atoms with van der Waals surface area (Å²) in [6.45, 7) is 7.61.